The summed E-state index contributed by atoms with van der Waals surface area (Å²) in [6, 6.07) is 8.43. The van der Waals surface area contributed by atoms with Crippen molar-refractivity contribution < 1.29 is 23.9 Å². The normalized spacial score (nSPS) is 26.5. The first kappa shape index (κ1) is 19.7. The number of thiol groups is 1. The summed E-state index contributed by atoms with van der Waals surface area (Å²) in [6.07, 6.45) is 2.52. The zero-order valence-electron chi connectivity index (χ0n) is 15.4. The molecular formula is C20H25NO5S. The van der Waals surface area contributed by atoms with Gasteiger partial charge < -0.3 is 14.4 Å². The number of fused-ring (bicyclic) bond motifs is 2. The van der Waals surface area contributed by atoms with Crippen molar-refractivity contribution in [2.24, 2.45) is 5.92 Å². The minimum absolute atomic E-state index is 0.00287. The van der Waals surface area contributed by atoms with Gasteiger partial charge in [0, 0.05) is 24.9 Å². The van der Waals surface area contributed by atoms with Crippen LogP contribution in [0.3, 0.4) is 0 Å². The zero-order chi connectivity index (χ0) is 19.4. The molecule has 2 unspecified atom stereocenters. The van der Waals surface area contributed by atoms with E-state index < -0.39 is 24.0 Å². The largest absolute Gasteiger partial charge is 0.469 e. The van der Waals surface area contributed by atoms with Gasteiger partial charge >= 0.3 is 11.9 Å². The monoisotopic (exact) mass is 391 g/mol. The summed E-state index contributed by atoms with van der Waals surface area (Å²) in [4.78, 5) is 39.5. The molecular weight excluding hydrogens is 366 g/mol. The molecule has 0 spiro atoms. The lowest BCUT2D eigenvalue weighted by Gasteiger charge is -2.42. The highest BCUT2D eigenvalue weighted by Gasteiger charge is 2.53. The molecule has 6 nitrogen and oxygen atoms in total. The second-order valence-electron chi connectivity index (χ2n) is 7.02. The molecule has 7 heteroatoms. The molecule has 1 aromatic carbocycles. The number of carbonyl (C=O) groups is 3. The third kappa shape index (κ3) is 4.13. The van der Waals surface area contributed by atoms with E-state index >= 15 is 0 Å². The molecule has 4 atom stereocenters. The summed E-state index contributed by atoms with van der Waals surface area (Å²) in [7, 11) is 1.33. The molecule has 2 fully saturated rings. The van der Waals surface area contributed by atoms with Gasteiger partial charge in [-0.05, 0) is 37.1 Å². The van der Waals surface area contributed by atoms with Gasteiger partial charge in [0.1, 0.15) is 12.0 Å². The third-order valence-electron chi connectivity index (χ3n) is 5.44. The van der Waals surface area contributed by atoms with Gasteiger partial charge in [-0.1, -0.05) is 18.2 Å². The molecule has 0 saturated carbocycles. The standard InChI is InChI=1S/C20H25NO5S/c1-25-20(24)18-15-10-9-14(21(15)17(22)8-5-11-27)12-16(18)26-19(23)13-6-3-2-4-7-13/h2-4,6-7,14-16,18,27H,5,8-12H2,1H3/t14?,15?,16-,18+/m0/s1. The summed E-state index contributed by atoms with van der Waals surface area (Å²) in [5.41, 5.74) is 0.445. The van der Waals surface area contributed by atoms with Gasteiger partial charge in [0.2, 0.25) is 5.91 Å². The first-order valence-electron chi connectivity index (χ1n) is 9.32. The Kier molecular flexibility index (Phi) is 6.42. The lowest BCUT2D eigenvalue weighted by atomic mass is 9.86. The molecule has 27 heavy (non-hydrogen) atoms. The number of carbonyl (C=O) groups excluding carboxylic acids is 3. The first-order chi connectivity index (χ1) is 13.1. The Bertz CT molecular complexity index is 695. The number of methoxy groups -OCH3 is 1. The Hall–Kier alpha value is -2.02. The van der Waals surface area contributed by atoms with Crippen LogP contribution >= 0.6 is 12.6 Å². The van der Waals surface area contributed by atoms with Crippen molar-refractivity contribution in [1.29, 1.82) is 0 Å². The number of ether oxygens (including phenoxy) is 2. The van der Waals surface area contributed by atoms with E-state index in [0.717, 1.165) is 12.8 Å². The van der Waals surface area contributed by atoms with Gasteiger partial charge in [-0.15, -0.1) is 0 Å². The van der Waals surface area contributed by atoms with Gasteiger partial charge in [0.05, 0.1) is 12.7 Å². The summed E-state index contributed by atoms with van der Waals surface area (Å²) >= 11 is 4.17. The number of amides is 1. The van der Waals surface area contributed by atoms with Gasteiger partial charge in [-0.2, -0.15) is 12.6 Å². The lowest BCUT2D eigenvalue weighted by molar-refractivity contribution is -0.160. The van der Waals surface area contributed by atoms with Crippen molar-refractivity contribution in [2.75, 3.05) is 12.9 Å². The molecule has 0 aromatic heterocycles. The average Bonchev–Trinajstić information content (AvgIpc) is 3.01. The smallest absolute Gasteiger partial charge is 0.338 e. The highest BCUT2D eigenvalue weighted by atomic mass is 32.1. The second kappa shape index (κ2) is 8.78. The Balaban J connectivity index is 1.79. The topological polar surface area (TPSA) is 72.9 Å². The van der Waals surface area contributed by atoms with E-state index in [4.69, 9.17) is 9.47 Å². The number of hydrogen-bond donors (Lipinski definition) is 1. The van der Waals surface area contributed by atoms with Gasteiger partial charge in [-0.25, -0.2) is 4.79 Å². The van der Waals surface area contributed by atoms with Gasteiger partial charge in [0.15, 0.2) is 0 Å². The molecule has 0 N–H and O–H groups in total. The predicted octanol–water partition coefficient (Wildman–Crippen LogP) is 2.47. The van der Waals surface area contributed by atoms with E-state index in [1.54, 1.807) is 24.3 Å². The van der Waals surface area contributed by atoms with E-state index in [0.29, 0.717) is 30.6 Å². The molecule has 0 aliphatic carbocycles. The molecule has 1 aromatic rings. The van der Waals surface area contributed by atoms with E-state index in [9.17, 15) is 14.4 Å². The minimum atomic E-state index is -0.652. The molecule has 2 aliphatic rings. The van der Waals surface area contributed by atoms with Crippen molar-refractivity contribution in [3.8, 4) is 0 Å². The Morgan fingerprint density at radius 3 is 2.59 bits per heavy atom. The molecule has 2 saturated heterocycles. The molecule has 2 heterocycles. The van der Waals surface area contributed by atoms with Gasteiger partial charge in [0.25, 0.3) is 0 Å². The maximum Gasteiger partial charge on any atom is 0.338 e. The minimum Gasteiger partial charge on any atom is -0.469 e. The molecule has 3 rings (SSSR count). The van der Waals surface area contributed by atoms with Crippen LogP contribution in [0.15, 0.2) is 30.3 Å². The Morgan fingerprint density at radius 2 is 1.93 bits per heavy atom. The third-order valence-corrected chi connectivity index (χ3v) is 5.76. The van der Waals surface area contributed by atoms with Crippen molar-refractivity contribution >= 4 is 30.5 Å². The van der Waals surface area contributed by atoms with E-state index in [1.807, 2.05) is 11.0 Å². The fourth-order valence-electron chi connectivity index (χ4n) is 4.25. The van der Waals surface area contributed by atoms with Crippen molar-refractivity contribution in [3.05, 3.63) is 35.9 Å². The van der Waals surface area contributed by atoms with E-state index in [1.165, 1.54) is 7.11 Å². The summed E-state index contributed by atoms with van der Waals surface area (Å²) < 4.78 is 10.7. The number of benzene rings is 1. The van der Waals surface area contributed by atoms with Crippen molar-refractivity contribution in [3.63, 3.8) is 0 Å². The summed E-state index contributed by atoms with van der Waals surface area (Å²) in [6.45, 7) is 0. The maximum atomic E-state index is 12.7. The predicted molar refractivity (Wildman–Crippen MR) is 103 cm³/mol. The van der Waals surface area contributed by atoms with Crippen LogP contribution in [-0.4, -0.2) is 53.8 Å². The van der Waals surface area contributed by atoms with Crippen molar-refractivity contribution in [2.45, 2.75) is 50.3 Å². The zero-order valence-corrected chi connectivity index (χ0v) is 16.3. The van der Waals surface area contributed by atoms with E-state index in [-0.39, 0.29) is 18.0 Å². The van der Waals surface area contributed by atoms with Crippen LogP contribution in [0, 0.1) is 5.92 Å². The quantitative estimate of drug-likeness (QED) is 0.596. The number of nitrogens with zero attached hydrogens (tertiary/aromatic N) is 1. The Morgan fingerprint density at radius 1 is 1.19 bits per heavy atom. The molecule has 2 bridgehead atoms. The Labute approximate surface area is 164 Å². The van der Waals surface area contributed by atoms with Crippen LogP contribution in [0.2, 0.25) is 0 Å². The van der Waals surface area contributed by atoms with Crippen LogP contribution in [0.4, 0.5) is 0 Å². The fourth-order valence-corrected chi connectivity index (χ4v) is 4.41. The van der Waals surface area contributed by atoms with E-state index in [2.05, 4.69) is 12.6 Å². The molecule has 0 radical (unpaired) electrons. The van der Waals surface area contributed by atoms with Gasteiger partial charge in [-0.3, -0.25) is 9.59 Å². The number of hydrogen-bond acceptors (Lipinski definition) is 6. The average molecular weight is 391 g/mol. The number of rotatable bonds is 6. The lowest BCUT2D eigenvalue weighted by Crippen LogP contribution is -2.56. The molecule has 1 amide bonds. The summed E-state index contributed by atoms with van der Waals surface area (Å²) in [5, 5.41) is 0. The molecule has 2 aliphatic heterocycles. The second-order valence-corrected chi connectivity index (χ2v) is 7.47. The van der Waals surface area contributed by atoms with Crippen LogP contribution in [0.5, 0.6) is 0 Å². The highest BCUT2D eigenvalue weighted by molar-refractivity contribution is 7.80. The maximum absolute atomic E-state index is 12.7. The van der Waals surface area contributed by atoms with Crippen LogP contribution in [0.1, 0.15) is 42.5 Å². The molecule has 146 valence electrons. The van der Waals surface area contributed by atoms with Crippen LogP contribution < -0.4 is 0 Å². The van der Waals surface area contributed by atoms with Crippen LogP contribution in [0.25, 0.3) is 0 Å². The number of esters is 2. The fraction of sp³-hybridized carbons (Fsp3) is 0.550. The SMILES string of the molecule is COC(=O)[C@@H]1C2CCC(C[C@@H]1OC(=O)c1ccccc1)N2C(=O)CCCS. The van der Waals surface area contributed by atoms with Crippen LogP contribution in [-0.2, 0) is 19.1 Å². The highest BCUT2D eigenvalue weighted by Crippen LogP contribution is 2.42. The number of piperidine rings is 1. The first-order valence-corrected chi connectivity index (χ1v) is 9.96. The van der Waals surface area contributed by atoms with Crippen molar-refractivity contribution in [1.82, 2.24) is 4.90 Å². The summed E-state index contributed by atoms with van der Waals surface area (Å²) in [5.74, 6) is -0.853.